The second kappa shape index (κ2) is 9.23. The van der Waals surface area contributed by atoms with Crippen molar-refractivity contribution in [1.29, 1.82) is 0 Å². The van der Waals surface area contributed by atoms with Crippen molar-refractivity contribution >= 4 is 35.0 Å². The predicted molar refractivity (Wildman–Crippen MR) is 104 cm³/mol. The summed E-state index contributed by atoms with van der Waals surface area (Å²) < 4.78 is 49.9. The smallest absolute Gasteiger partial charge is 0.432 e. The predicted octanol–water partition coefficient (Wildman–Crippen LogP) is 4.31. The van der Waals surface area contributed by atoms with Gasteiger partial charge in [0.25, 0.3) is 5.60 Å². The van der Waals surface area contributed by atoms with Crippen LogP contribution < -0.4 is 15.4 Å². The number of ether oxygens (including phenoxy) is 2. The molecule has 0 spiro atoms. The zero-order valence-corrected chi connectivity index (χ0v) is 16.6. The van der Waals surface area contributed by atoms with E-state index in [9.17, 15) is 27.9 Å². The number of halogens is 4. The first-order chi connectivity index (χ1) is 14.0. The van der Waals surface area contributed by atoms with E-state index in [4.69, 9.17) is 16.3 Å². The van der Waals surface area contributed by atoms with Crippen LogP contribution in [-0.4, -0.2) is 37.0 Å². The molecule has 0 heterocycles. The van der Waals surface area contributed by atoms with Gasteiger partial charge >= 0.3 is 18.2 Å². The Labute approximate surface area is 174 Å². The van der Waals surface area contributed by atoms with Crippen molar-refractivity contribution in [3.8, 4) is 5.75 Å². The summed E-state index contributed by atoms with van der Waals surface area (Å²) in [5.74, 6) is -2.10. The van der Waals surface area contributed by atoms with Crippen molar-refractivity contribution in [2.24, 2.45) is 0 Å². The second-order valence-electron chi connectivity index (χ2n) is 5.93. The van der Waals surface area contributed by atoms with Crippen LogP contribution in [0.3, 0.4) is 0 Å². The van der Waals surface area contributed by atoms with E-state index in [-0.39, 0.29) is 18.0 Å². The number of rotatable bonds is 6. The summed E-state index contributed by atoms with van der Waals surface area (Å²) in [6, 6.07) is 8.25. The molecule has 0 aliphatic rings. The fourth-order valence-corrected chi connectivity index (χ4v) is 2.69. The molecule has 3 N–H and O–H groups in total. The molecule has 2 aromatic rings. The molecule has 0 saturated heterocycles. The molecule has 2 aromatic carbocycles. The van der Waals surface area contributed by atoms with Crippen molar-refractivity contribution in [1.82, 2.24) is 0 Å². The normalized spacial score (nSPS) is 13.2. The first-order valence-corrected chi connectivity index (χ1v) is 8.89. The van der Waals surface area contributed by atoms with Gasteiger partial charge in [-0.15, -0.1) is 0 Å². The van der Waals surface area contributed by atoms with Crippen LogP contribution in [0.1, 0.15) is 12.5 Å². The molecule has 2 amide bonds. The summed E-state index contributed by atoms with van der Waals surface area (Å²) in [7, 11) is 1.15. The Hall–Kier alpha value is -2.98. The van der Waals surface area contributed by atoms with E-state index in [1.54, 1.807) is 18.2 Å². The molecule has 162 valence electrons. The van der Waals surface area contributed by atoms with Crippen molar-refractivity contribution in [2.45, 2.75) is 18.7 Å². The summed E-state index contributed by atoms with van der Waals surface area (Å²) in [5, 5.41) is 15.5. The molecular weight excluding hydrogens is 429 g/mol. The minimum absolute atomic E-state index is 0.00541. The highest BCUT2D eigenvalue weighted by atomic mass is 35.5. The maximum atomic E-state index is 13.5. The highest BCUT2D eigenvalue weighted by molar-refractivity contribution is 6.30. The molecule has 0 bridgehead atoms. The largest absolute Gasteiger partial charge is 0.495 e. The average Bonchev–Trinajstić information content (AvgIpc) is 2.66. The number of hydrogen-bond donors (Lipinski definition) is 3. The van der Waals surface area contributed by atoms with E-state index < -0.39 is 29.3 Å². The van der Waals surface area contributed by atoms with E-state index in [2.05, 4.69) is 15.4 Å². The number of alkyl halides is 3. The maximum Gasteiger partial charge on any atom is 0.432 e. The third-order valence-electron chi connectivity index (χ3n) is 3.93. The number of hydrogen-bond acceptors (Lipinski definition) is 5. The first-order valence-electron chi connectivity index (χ1n) is 8.51. The van der Waals surface area contributed by atoms with E-state index in [1.165, 1.54) is 13.0 Å². The number of carbonyl (C=O) groups is 2. The first kappa shape index (κ1) is 23.3. The number of urea groups is 1. The Morgan fingerprint density at radius 3 is 2.40 bits per heavy atom. The van der Waals surface area contributed by atoms with Gasteiger partial charge in [0.1, 0.15) is 5.75 Å². The number of amides is 2. The van der Waals surface area contributed by atoms with E-state index >= 15 is 0 Å². The molecule has 11 heteroatoms. The zero-order valence-electron chi connectivity index (χ0n) is 15.8. The quantitative estimate of drug-likeness (QED) is 0.575. The minimum Gasteiger partial charge on any atom is -0.495 e. The Balaban J connectivity index is 2.33. The Bertz CT molecular complexity index is 939. The Morgan fingerprint density at radius 2 is 1.83 bits per heavy atom. The van der Waals surface area contributed by atoms with Gasteiger partial charge in [-0.25, -0.2) is 9.59 Å². The van der Waals surface area contributed by atoms with Crippen LogP contribution in [0.2, 0.25) is 5.02 Å². The van der Waals surface area contributed by atoms with Crippen molar-refractivity contribution in [2.75, 3.05) is 24.4 Å². The fourth-order valence-electron chi connectivity index (χ4n) is 2.50. The summed E-state index contributed by atoms with van der Waals surface area (Å²) in [5.41, 5.74) is -4.36. The Morgan fingerprint density at radius 1 is 1.13 bits per heavy atom. The van der Waals surface area contributed by atoms with Crippen LogP contribution in [0.25, 0.3) is 0 Å². The highest BCUT2D eigenvalue weighted by Gasteiger charge is 2.62. The Kier molecular flexibility index (Phi) is 7.16. The standard InChI is InChI=1S/C19H18ClF3N2O5/c1-3-30-16(26)18(28,19(21,22)23)11-7-8-14(15(9-11)29-2)25-17(27)24-13-6-4-5-12(20)10-13/h4-10,28H,3H2,1-2H3,(H2,24,25,27)/t18-/m1/s1. The van der Waals surface area contributed by atoms with Gasteiger partial charge in [-0.1, -0.05) is 23.7 Å². The molecule has 7 nitrogen and oxygen atoms in total. The van der Waals surface area contributed by atoms with Gasteiger partial charge in [-0.2, -0.15) is 13.2 Å². The topological polar surface area (TPSA) is 96.9 Å². The lowest BCUT2D eigenvalue weighted by atomic mass is 9.92. The number of aliphatic hydroxyl groups is 1. The van der Waals surface area contributed by atoms with Crippen LogP contribution >= 0.6 is 11.6 Å². The van der Waals surface area contributed by atoms with Gasteiger partial charge in [0.15, 0.2) is 0 Å². The molecule has 0 aliphatic carbocycles. The fraction of sp³-hybridized carbons (Fsp3) is 0.263. The number of benzene rings is 2. The zero-order chi connectivity index (χ0) is 22.5. The molecule has 2 rings (SSSR count). The minimum atomic E-state index is -5.36. The van der Waals surface area contributed by atoms with Gasteiger partial charge < -0.3 is 25.2 Å². The maximum absolute atomic E-state index is 13.5. The average molecular weight is 447 g/mol. The van der Waals surface area contributed by atoms with Gasteiger partial charge in [-0.05, 0) is 37.3 Å². The summed E-state index contributed by atoms with van der Waals surface area (Å²) >= 11 is 5.84. The molecule has 1 atom stereocenters. The molecule has 0 unspecified atom stereocenters. The number of esters is 1. The molecule has 0 aromatic heterocycles. The van der Waals surface area contributed by atoms with E-state index in [0.29, 0.717) is 10.7 Å². The molecule has 30 heavy (non-hydrogen) atoms. The van der Waals surface area contributed by atoms with Crippen LogP contribution in [0.15, 0.2) is 42.5 Å². The van der Waals surface area contributed by atoms with Gasteiger partial charge in [0.2, 0.25) is 0 Å². The summed E-state index contributed by atoms with van der Waals surface area (Å²) in [6.45, 7) is 0.943. The lowest BCUT2D eigenvalue weighted by molar-refractivity contribution is -0.267. The number of nitrogens with one attached hydrogen (secondary N) is 2. The van der Waals surface area contributed by atoms with Crippen molar-refractivity contribution < 1.29 is 37.3 Å². The highest BCUT2D eigenvalue weighted by Crippen LogP contribution is 2.42. The SMILES string of the molecule is CCOC(=O)[C@](O)(c1ccc(NC(=O)Nc2cccc(Cl)c2)c(OC)c1)C(F)(F)F. The molecular formula is C19H18ClF3N2O5. The van der Waals surface area contributed by atoms with Gasteiger partial charge in [0.05, 0.1) is 19.4 Å². The van der Waals surface area contributed by atoms with Crippen molar-refractivity contribution in [3.05, 3.63) is 53.1 Å². The molecule has 0 radical (unpaired) electrons. The summed E-state index contributed by atoms with van der Waals surface area (Å²) in [6.07, 6.45) is -5.36. The van der Waals surface area contributed by atoms with Gasteiger partial charge in [0, 0.05) is 16.3 Å². The molecule has 0 saturated carbocycles. The lowest BCUT2D eigenvalue weighted by Crippen LogP contribution is -2.50. The summed E-state index contributed by atoms with van der Waals surface area (Å²) in [4.78, 5) is 24.1. The second-order valence-corrected chi connectivity index (χ2v) is 6.37. The van der Waals surface area contributed by atoms with Crippen LogP contribution in [0, 0.1) is 0 Å². The monoisotopic (exact) mass is 446 g/mol. The third kappa shape index (κ3) is 4.95. The number of carbonyl (C=O) groups excluding carboxylic acids is 2. The third-order valence-corrected chi connectivity index (χ3v) is 4.17. The van der Waals surface area contributed by atoms with Crippen LogP contribution in [0.4, 0.5) is 29.3 Å². The number of methoxy groups -OCH3 is 1. The van der Waals surface area contributed by atoms with E-state index in [1.807, 2.05) is 0 Å². The molecule has 0 fully saturated rings. The van der Waals surface area contributed by atoms with E-state index in [0.717, 1.165) is 25.3 Å². The van der Waals surface area contributed by atoms with Crippen molar-refractivity contribution in [3.63, 3.8) is 0 Å². The lowest BCUT2D eigenvalue weighted by Gasteiger charge is -2.29. The van der Waals surface area contributed by atoms with Crippen LogP contribution in [-0.2, 0) is 15.1 Å². The van der Waals surface area contributed by atoms with Gasteiger partial charge in [-0.3, -0.25) is 0 Å². The number of anilines is 2. The van der Waals surface area contributed by atoms with Crippen LogP contribution in [0.5, 0.6) is 5.75 Å². The molecule has 0 aliphatic heterocycles.